The van der Waals surface area contributed by atoms with E-state index in [1.165, 1.54) is 0 Å². The Morgan fingerprint density at radius 2 is 2.70 bits per heavy atom. The van der Waals surface area contributed by atoms with Crippen molar-refractivity contribution in [1.29, 1.82) is 0 Å². The molecule has 10 heavy (non-hydrogen) atoms. The first-order valence-electron chi connectivity index (χ1n) is 2.71. The molecule has 5 heteroatoms. The van der Waals surface area contributed by atoms with Crippen LogP contribution in [-0.2, 0) is 4.74 Å². The molecular formula is C5H5N2O2S. The summed E-state index contributed by atoms with van der Waals surface area (Å²) in [6, 6.07) is 0. The van der Waals surface area contributed by atoms with Gasteiger partial charge in [0.15, 0.2) is 4.88 Å². The Morgan fingerprint density at radius 3 is 3.20 bits per heavy atom. The van der Waals surface area contributed by atoms with Crippen LogP contribution in [0.1, 0.15) is 16.6 Å². The Balaban J connectivity index is 2.59. The molecule has 0 aromatic carbocycles. The van der Waals surface area contributed by atoms with Crippen LogP contribution >= 0.6 is 11.5 Å². The Kier molecular flexibility index (Phi) is 2.33. The molecule has 0 N–H and O–H groups in total. The number of carbonyl (C=O) groups is 1. The van der Waals surface area contributed by atoms with E-state index in [0.717, 1.165) is 11.5 Å². The molecule has 0 aliphatic carbocycles. The highest BCUT2D eigenvalue weighted by molar-refractivity contribution is 7.07. The standard InChI is InChI=1S/C5H5N2O2S/c1-2-9-5(8)4-3-6-7-10-4/h2H2,1H3. The van der Waals surface area contributed by atoms with Crippen LogP contribution in [0.3, 0.4) is 0 Å². The SMILES string of the molecule is CCOC(=O)c1[c]nns1. The topological polar surface area (TPSA) is 52.1 Å². The van der Waals surface area contributed by atoms with Crippen LogP contribution in [0.4, 0.5) is 0 Å². The van der Waals surface area contributed by atoms with Gasteiger partial charge in [-0.1, -0.05) is 4.49 Å². The maximum atomic E-state index is 10.8. The van der Waals surface area contributed by atoms with Gasteiger partial charge < -0.3 is 4.74 Å². The van der Waals surface area contributed by atoms with Gasteiger partial charge in [0.05, 0.1) is 6.61 Å². The minimum absolute atomic E-state index is 0.321. The summed E-state index contributed by atoms with van der Waals surface area (Å²) in [7, 11) is 0. The van der Waals surface area contributed by atoms with Gasteiger partial charge in [-0.25, -0.2) is 4.79 Å². The Morgan fingerprint density at radius 1 is 1.90 bits per heavy atom. The molecule has 53 valence electrons. The van der Waals surface area contributed by atoms with Gasteiger partial charge in [0.1, 0.15) is 6.20 Å². The first kappa shape index (κ1) is 7.14. The fourth-order valence-corrected chi connectivity index (χ4v) is 0.805. The van der Waals surface area contributed by atoms with Gasteiger partial charge in [0, 0.05) is 0 Å². The van der Waals surface area contributed by atoms with Gasteiger partial charge >= 0.3 is 5.97 Å². The zero-order valence-electron chi connectivity index (χ0n) is 5.33. The van der Waals surface area contributed by atoms with Crippen molar-refractivity contribution in [3.63, 3.8) is 0 Å². The molecule has 0 fully saturated rings. The van der Waals surface area contributed by atoms with Crippen molar-refractivity contribution in [2.24, 2.45) is 0 Å². The number of hydrogen-bond acceptors (Lipinski definition) is 5. The fraction of sp³-hybridized carbons (Fsp3) is 0.400. The summed E-state index contributed by atoms with van der Waals surface area (Å²) in [5.74, 6) is -0.405. The summed E-state index contributed by atoms with van der Waals surface area (Å²) < 4.78 is 8.11. The Hall–Kier alpha value is -0.970. The van der Waals surface area contributed by atoms with E-state index in [1.807, 2.05) is 0 Å². The summed E-state index contributed by atoms with van der Waals surface area (Å²) in [4.78, 5) is 11.1. The highest BCUT2D eigenvalue weighted by Crippen LogP contribution is 2.02. The minimum atomic E-state index is -0.405. The zero-order valence-corrected chi connectivity index (χ0v) is 6.14. The van der Waals surface area contributed by atoms with Crippen LogP contribution in [0.25, 0.3) is 0 Å². The van der Waals surface area contributed by atoms with E-state index in [1.54, 1.807) is 6.92 Å². The van der Waals surface area contributed by atoms with Crippen LogP contribution in [0.2, 0.25) is 0 Å². The molecule has 0 saturated carbocycles. The molecule has 0 unspecified atom stereocenters. The molecular weight excluding hydrogens is 152 g/mol. The lowest BCUT2D eigenvalue weighted by Gasteiger charge is -1.93. The van der Waals surface area contributed by atoms with Crippen molar-refractivity contribution < 1.29 is 9.53 Å². The second-order valence-corrected chi connectivity index (χ2v) is 2.19. The first-order chi connectivity index (χ1) is 4.84. The number of rotatable bonds is 2. The van der Waals surface area contributed by atoms with E-state index in [4.69, 9.17) is 0 Å². The quantitative estimate of drug-likeness (QED) is 0.587. The molecule has 1 rings (SSSR count). The number of nitrogens with zero attached hydrogens (tertiary/aromatic N) is 2. The van der Waals surface area contributed by atoms with Crippen LogP contribution in [0, 0.1) is 6.20 Å². The molecule has 0 aliphatic heterocycles. The molecule has 0 bridgehead atoms. The predicted molar refractivity (Wildman–Crippen MR) is 34.7 cm³/mol. The highest BCUT2D eigenvalue weighted by Gasteiger charge is 2.08. The van der Waals surface area contributed by atoms with E-state index in [-0.39, 0.29) is 0 Å². The Bertz CT molecular complexity index is 209. The van der Waals surface area contributed by atoms with E-state index >= 15 is 0 Å². The number of aromatic nitrogens is 2. The van der Waals surface area contributed by atoms with E-state index in [0.29, 0.717) is 11.5 Å². The number of hydrogen-bond donors (Lipinski definition) is 0. The van der Waals surface area contributed by atoms with Crippen molar-refractivity contribution in [3.05, 3.63) is 11.1 Å². The van der Waals surface area contributed by atoms with Crippen LogP contribution < -0.4 is 0 Å². The van der Waals surface area contributed by atoms with E-state index in [9.17, 15) is 4.79 Å². The van der Waals surface area contributed by atoms with E-state index < -0.39 is 5.97 Å². The van der Waals surface area contributed by atoms with Crippen LogP contribution in [0.15, 0.2) is 0 Å². The lowest BCUT2D eigenvalue weighted by Crippen LogP contribution is -2.01. The van der Waals surface area contributed by atoms with E-state index in [2.05, 4.69) is 20.5 Å². The summed E-state index contributed by atoms with van der Waals surface area (Å²) in [5, 5.41) is 3.37. The van der Waals surface area contributed by atoms with Gasteiger partial charge in [0.25, 0.3) is 0 Å². The highest BCUT2D eigenvalue weighted by atomic mass is 32.1. The summed E-state index contributed by atoms with van der Waals surface area (Å²) in [6.45, 7) is 2.11. The minimum Gasteiger partial charge on any atom is -0.462 e. The normalized spacial score (nSPS) is 9.30. The molecule has 0 atom stereocenters. The van der Waals surface area contributed by atoms with Gasteiger partial charge in [-0.05, 0) is 18.5 Å². The predicted octanol–water partition coefficient (Wildman–Crippen LogP) is 0.515. The number of esters is 1. The van der Waals surface area contributed by atoms with Crippen molar-refractivity contribution in [3.8, 4) is 0 Å². The van der Waals surface area contributed by atoms with Gasteiger partial charge in [0.2, 0.25) is 0 Å². The van der Waals surface area contributed by atoms with Crippen molar-refractivity contribution in [1.82, 2.24) is 9.59 Å². The smallest absolute Gasteiger partial charge is 0.352 e. The lowest BCUT2D eigenvalue weighted by molar-refractivity contribution is 0.0531. The monoisotopic (exact) mass is 157 g/mol. The van der Waals surface area contributed by atoms with Crippen molar-refractivity contribution >= 4 is 17.5 Å². The third kappa shape index (κ3) is 1.51. The fourth-order valence-electron chi connectivity index (χ4n) is 0.427. The molecule has 1 aromatic rings. The molecule has 0 amide bonds. The van der Waals surface area contributed by atoms with Gasteiger partial charge in [-0.2, -0.15) is 0 Å². The molecule has 1 aromatic heterocycles. The Labute approximate surface area is 62.0 Å². The lowest BCUT2D eigenvalue weighted by atomic mass is 10.6. The van der Waals surface area contributed by atoms with Crippen LogP contribution in [-0.4, -0.2) is 22.2 Å². The average molecular weight is 157 g/mol. The summed E-state index contributed by atoms with van der Waals surface area (Å²) >= 11 is 0.980. The van der Waals surface area contributed by atoms with Crippen molar-refractivity contribution in [2.45, 2.75) is 6.92 Å². The van der Waals surface area contributed by atoms with Gasteiger partial charge in [-0.3, -0.25) is 0 Å². The maximum Gasteiger partial charge on any atom is 0.352 e. The van der Waals surface area contributed by atoms with Crippen molar-refractivity contribution in [2.75, 3.05) is 6.61 Å². The number of ether oxygens (including phenoxy) is 1. The second-order valence-electron chi connectivity index (χ2n) is 1.43. The van der Waals surface area contributed by atoms with Crippen LogP contribution in [0.5, 0.6) is 0 Å². The zero-order chi connectivity index (χ0) is 7.40. The molecule has 1 radical (unpaired) electrons. The third-order valence-corrected chi connectivity index (χ3v) is 1.39. The summed E-state index contributed by atoms with van der Waals surface area (Å²) in [5.41, 5.74) is 0. The number of carbonyl (C=O) groups excluding carboxylic acids is 1. The maximum absolute atomic E-state index is 10.8. The summed E-state index contributed by atoms with van der Waals surface area (Å²) in [6.07, 6.45) is 2.40. The van der Waals surface area contributed by atoms with Gasteiger partial charge in [-0.15, -0.1) is 5.10 Å². The molecule has 0 aliphatic rings. The third-order valence-electron chi connectivity index (χ3n) is 0.785. The molecule has 0 saturated heterocycles. The molecule has 1 heterocycles. The first-order valence-corrected chi connectivity index (χ1v) is 3.49. The molecule has 0 spiro atoms. The molecule has 4 nitrogen and oxygen atoms in total. The second kappa shape index (κ2) is 3.26. The largest absolute Gasteiger partial charge is 0.462 e. The average Bonchev–Trinajstić information content (AvgIpc) is 2.38.